The molecular weight excluding hydrogens is 292 g/mol. The van der Waals surface area contributed by atoms with Crippen LogP contribution in [0.25, 0.3) is 0 Å². The molecule has 0 radical (unpaired) electrons. The zero-order valence-electron chi connectivity index (χ0n) is 8.90. The van der Waals surface area contributed by atoms with Crippen LogP contribution in [0, 0.1) is 6.92 Å². The number of aryl methyl sites for hydroxylation is 1. The molecule has 1 heterocycles. The van der Waals surface area contributed by atoms with Crippen LogP contribution in [-0.2, 0) is 10.0 Å². The monoisotopic (exact) mass is 304 g/mol. The Balaban J connectivity index is 2.53. The smallest absolute Gasteiger partial charge is 0.235 e. The van der Waals surface area contributed by atoms with Gasteiger partial charge in [0.25, 0.3) is 0 Å². The molecule has 2 N–H and O–H groups in total. The van der Waals surface area contributed by atoms with Crippen molar-refractivity contribution in [1.29, 1.82) is 0 Å². The maximum atomic E-state index is 11.8. The van der Waals surface area contributed by atoms with Crippen molar-refractivity contribution >= 4 is 37.3 Å². The predicted octanol–water partition coefficient (Wildman–Crippen LogP) is 1.88. The van der Waals surface area contributed by atoms with Crippen molar-refractivity contribution in [1.82, 2.24) is 0 Å². The van der Waals surface area contributed by atoms with Crippen LogP contribution < -0.4 is 10.0 Å². The van der Waals surface area contributed by atoms with Crippen molar-refractivity contribution in [3.05, 3.63) is 22.2 Å². The average Bonchev–Trinajstić information content (AvgIpc) is 2.52. The number of benzene rings is 1. The lowest BCUT2D eigenvalue weighted by Gasteiger charge is -2.19. The lowest BCUT2D eigenvalue weighted by atomic mass is 10.2. The summed E-state index contributed by atoms with van der Waals surface area (Å²) >= 11 is 3.38. The molecule has 1 saturated heterocycles. The molecule has 0 aromatic heterocycles. The topological polar surface area (TPSA) is 63.4 Å². The second kappa shape index (κ2) is 3.92. The molecule has 16 heavy (non-hydrogen) atoms. The van der Waals surface area contributed by atoms with E-state index in [4.69, 9.17) is 5.73 Å². The summed E-state index contributed by atoms with van der Waals surface area (Å²) in [5, 5.41) is 0. The van der Waals surface area contributed by atoms with Crippen molar-refractivity contribution in [2.75, 3.05) is 22.3 Å². The summed E-state index contributed by atoms with van der Waals surface area (Å²) in [6.07, 6.45) is 0.669. The third-order valence-corrected chi connectivity index (χ3v) is 5.19. The normalized spacial score (nSPS) is 19.0. The highest BCUT2D eigenvalue weighted by molar-refractivity contribution is 9.10. The van der Waals surface area contributed by atoms with Crippen LogP contribution in [-0.4, -0.2) is 20.7 Å². The molecule has 4 nitrogen and oxygen atoms in total. The molecule has 2 rings (SSSR count). The number of halogens is 1. The average molecular weight is 305 g/mol. The molecule has 0 amide bonds. The third-order valence-electron chi connectivity index (χ3n) is 2.70. The highest BCUT2D eigenvalue weighted by Crippen LogP contribution is 2.34. The van der Waals surface area contributed by atoms with Crippen molar-refractivity contribution in [3.8, 4) is 0 Å². The van der Waals surface area contributed by atoms with E-state index in [1.807, 2.05) is 13.0 Å². The molecule has 0 spiro atoms. The first kappa shape index (κ1) is 11.7. The summed E-state index contributed by atoms with van der Waals surface area (Å²) in [7, 11) is -3.14. The van der Waals surface area contributed by atoms with Gasteiger partial charge in [-0.15, -0.1) is 0 Å². The summed E-state index contributed by atoms with van der Waals surface area (Å²) in [5.74, 6) is 0.215. The van der Waals surface area contributed by atoms with E-state index in [1.165, 1.54) is 4.31 Å². The summed E-state index contributed by atoms with van der Waals surface area (Å²) in [5.41, 5.74) is 7.99. The van der Waals surface area contributed by atoms with Gasteiger partial charge in [0, 0.05) is 16.7 Å². The van der Waals surface area contributed by atoms with Crippen LogP contribution in [0.5, 0.6) is 0 Å². The maximum Gasteiger partial charge on any atom is 0.235 e. The largest absolute Gasteiger partial charge is 0.398 e. The van der Waals surface area contributed by atoms with Gasteiger partial charge in [-0.1, -0.05) is 0 Å². The molecule has 0 atom stereocenters. The first-order valence-electron chi connectivity index (χ1n) is 4.98. The van der Waals surface area contributed by atoms with Gasteiger partial charge in [0.15, 0.2) is 0 Å². The first-order valence-corrected chi connectivity index (χ1v) is 7.38. The maximum absolute atomic E-state index is 11.8. The van der Waals surface area contributed by atoms with Crippen molar-refractivity contribution < 1.29 is 8.42 Å². The standard InChI is InChI=1S/C10H13BrN2O2S/c1-7-5-8(11)10(6-9(7)12)13-3-2-4-16(13,14)15/h5-6H,2-4,12H2,1H3. The predicted molar refractivity (Wildman–Crippen MR) is 69.0 cm³/mol. The number of hydrogen-bond acceptors (Lipinski definition) is 3. The number of nitrogens with zero attached hydrogens (tertiary/aromatic N) is 1. The van der Waals surface area contributed by atoms with Gasteiger partial charge in [0.1, 0.15) is 0 Å². The second-order valence-corrected chi connectivity index (χ2v) is 6.77. The lowest BCUT2D eigenvalue weighted by Crippen LogP contribution is -2.25. The van der Waals surface area contributed by atoms with Crippen LogP contribution in [0.1, 0.15) is 12.0 Å². The van der Waals surface area contributed by atoms with Crippen molar-refractivity contribution in [2.24, 2.45) is 0 Å². The Hall–Kier alpha value is -0.750. The van der Waals surface area contributed by atoms with Gasteiger partial charge in [-0.05, 0) is 47.0 Å². The Morgan fingerprint density at radius 1 is 1.44 bits per heavy atom. The van der Waals surface area contributed by atoms with Gasteiger partial charge >= 0.3 is 0 Å². The Morgan fingerprint density at radius 3 is 2.69 bits per heavy atom. The number of sulfonamides is 1. The zero-order chi connectivity index (χ0) is 11.9. The highest BCUT2D eigenvalue weighted by Gasteiger charge is 2.29. The van der Waals surface area contributed by atoms with E-state index in [-0.39, 0.29) is 5.75 Å². The SMILES string of the molecule is Cc1cc(Br)c(N2CCCS2(=O)=O)cc1N. The Labute approximate surface area is 104 Å². The molecule has 0 aliphatic carbocycles. The van der Waals surface area contributed by atoms with Crippen LogP contribution >= 0.6 is 15.9 Å². The number of rotatable bonds is 1. The minimum atomic E-state index is -3.14. The van der Waals surface area contributed by atoms with Gasteiger partial charge < -0.3 is 5.73 Å². The Kier molecular flexibility index (Phi) is 2.88. The molecule has 1 fully saturated rings. The van der Waals surface area contributed by atoms with Crippen LogP contribution in [0.3, 0.4) is 0 Å². The molecule has 0 saturated carbocycles. The summed E-state index contributed by atoms with van der Waals surface area (Å²) in [6, 6.07) is 3.56. The number of nitrogen functional groups attached to an aromatic ring is 1. The zero-order valence-corrected chi connectivity index (χ0v) is 11.3. The fourth-order valence-corrected chi connectivity index (χ4v) is 4.14. The number of anilines is 2. The fraction of sp³-hybridized carbons (Fsp3) is 0.400. The number of hydrogen-bond donors (Lipinski definition) is 1. The molecule has 0 bridgehead atoms. The molecule has 1 aliphatic rings. The van der Waals surface area contributed by atoms with E-state index in [0.717, 1.165) is 10.0 Å². The van der Waals surface area contributed by atoms with Crippen molar-refractivity contribution in [2.45, 2.75) is 13.3 Å². The van der Waals surface area contributed by atoms with E-state index in [9.17, 15) is 8.42 Å². The molecule has 1 aromatic rings. The van der Waals surface area contributed by atoms with E-state index in [1.54, 1.807) is 6.07 Å². The minimum absolute atomic E-state index is 0.215. The first-order chi connectivity index (χ1) is 7.42. The Bertz CT molecular complexity index is 528. The molecule has 88 valence electrons. The van der Waals surface area contributed by atoms with E-state index in [2.05, 4.69) is 15.9 Å². The van der Waals surface area contributed by atoms with Gasteiger partial charge in [0.05, 0.1) is 11.4 Å². The summed E-state index contributed by atoms with van der Waals surface area (Å²) < 4.78 is 25.7. The minimum Gasteiger partial charge on any atom is -0.398 e. The van der Waals surface area contributed by atoms with Gasteiger partial charge in [-0.2, -0.15) is 0 Å². The Morgan fingerprint density at radius 2 is 2.12 bits per heavy atom. The van der Waals surface area contributed by atoms with E-state index < -0.39 is 10.0 Å². The molecular formula is C10H13BrN2O2S. The summed E-state index contributed by atoms with van der Waals surface area (Å²) in [6.45, 7) is 2.42. The third kappa shape index (κ3) is 1.91. The van der Waals surface area contributed by atoms with Gasteiger partial charge in [-0.3, -0.25) is 4.31 Å². The number of nitrogens with two attached hydrogens (primary N) is 1. The molecule has 0 unspecified atom stereocenters. The quantitative estimate of drug-likeness (QED) is 0.806. The lowest BCUT2D eigenvalue weighted by molar-refractivity contribution is 0.599. The second-order valence-electron chi connectivity index (χ2n) is 3.90. The van der Waals surface area contributed by atoms with E-state index >= 15 is 0 Å². The molecule has 6 heteroatoms. The highest BCUT2D eigenvalue weighted by atomic mass is 79.9. The van der Waals surface area contributed by atoms with Crippen LogP contribution in [0.4, 0.5) is 11.4 Å². The summed E-state index contributed by atoms with van der Waals surface area (Å²) in [4.78, 5) is 0. The fourth-order valence-electron chi connectivity index (χ4n) is 1.78. The van der Waals surface area contributed by atoms with Crippen LogP contribution in [0.2, 0.25) is 0 Å². The molecule has 1 aliphatic heterocycles. The van der Waals surface area contributed by atoms with Gasteiger partial charge in [0.2, 0.25) is 10.0 Å². The molecule has 1 aromatic carbocycles. The van der Waals surface area contributed by atoms with Crippen LogP contribution in [0.15, 0.2) is 16.6 Å². The van der Waals surface area contributed by atoms with E-state index in [0.29, 0.717) is 24.3 Å². The van der Waals surface area contributed by atoms with Crippen molar-refractivity contribution in [3.63, 3.8) is 0 Å². The van der Waals surface area contributed by atoms with Gasteiger partial charge in [-0.25, -0.2) is 8.42 Å².